The van der Waals surface area contributed by atoms with Crippen LogP contribution >= 0.6 is 0 Å². The van der Waals surface area contributed by atoms with Crippen LogP contribution in [-0.2, 0) is 17.8 Å². The molecule has 1 amide bonds. The van der Waals surface area contributed by atoms with Gasteiger partial charge in [-0.1, -0.05) is 29.8 Å². The van der Waals surface area contributed by atoms with Gasteiger partial charge in [0.25, 0.3) is 5.56 Å². The fraction of sp³-hybridized carbons (Fsp3) is 0.200. The highest BCUT2D eigenvalue weighted by atomic mass is 16.5. The summed E-state index contributed by atoms with van der Waals surface area (Å²) in [5.41, 5.74) is 3.07. The summed E-state index contributed by atoms with van der Waals surface area (Å²) >= 11 is 0. The number of hydrogen-bond acceptors (Lipinski definition) is 3. The SMILES string of the molecule is COc1ccccc1CC(=O)NCc1cc2cc(C)ccc2[nH]c1=O. The van der Waals surface area contributed by atoms with Crippen LogP contribution in [0.25, 0.3) is 10.9 Å². The molecule has 3 aromatic rings. The Morgan fingerprint density at radius 2 is 1.92 bits per heavy atom. The molecule has 0 atom stereocenters. The maximum absolute atomic E-state index is 12.2. The molecule has 0 aliphatic rings. The van der Waals surface area contributed by atoms with Crippen LogP contribution in [0.5, 0.6) is 5.75 Å². The monoisotopic (exact) mass is 336 g/mol. The molecule has 1 heterocycles. The second-order valence-corrected chi connectivity index (χ2v) is 5.98. The van der Waals surface area contributed by atoms with Gasteiger partial charge in [-0.15, -0.1) is 0 Å². The van der Waals surface area contributed by atoms with E-state index < -0.39 is 0 Å². The van der Waals surface area contributed by atoms with E-state index in [4.69, 9.17) is 4.74 Å². The van der Waals surface area contributed by atoms with Crippen LogP contribution in [0.15, 0.2) is 53.3 Å². The molecule has 5 nitrogen and oxygen atoms in total. The van der Waals surface area contributed by atoms with Crippen LogP contribution in [0.1, 0.15) is 16.7 Å². The number of benzene rings is 2. The summed E-state index contributed by atoms with van der Waals surface area (Å²) in [6, 6.07) is 15.1. The number of fused-ring (bicyclic) bond motifs is 1. The Labute approximate surface area is 145 Å². The predicted molar refractivity (Wildman–Crippen MR) is 97.9 cm³/mol. The zero-order chi connectivity index (χ0) is 17.8. The van der Waals surface area contributed by atoms with Crippen molar-refractivity contribution in [1.29, 1.82) is 0 Å². The van der Waals surface area contributed by atoms with Crippen LogP contribution in [0.3, 0.4) is 0 Å². The lowest BCUT2D eigenvalue weighted by Gasteiger charge is -2.09. The number of aromatic nitrogens is 1. The first-order valence-corrected chi connectivity index (χ1v) is 8.08. The molecule has 0 fully saturated rings. The van der Waals surface area contributed by atoms with Gasteiger partial charge < -0.3 is 15.0 Å². The molecule has 3 rings (SSSR count). The molecule has 0 spiro atoms. The third-order valence-electron chi connectivity index (χ3n) is 4.10. The van der Waals surface area contributed by atoms with Gasteiger partial charge in [-0.05, 0) is 36.6 Å². The number of carbonyl (C=O) groups is 1. The van der Waals surface area contributed by atoms with Crippen molar-refractivity contribution in [2.45, 2.75) is 19.9 Å². The number of aromatic amines is 1. The van der Waals surface area contributed by atoms with E-state index in [9.17, 15) is 9.59 Å². The molecule has 0 unspecified atom stereocenters. The van der Waals surface area contributed by atoms with Crippen LogP contribution < -0.4 is 15.6 Å². The van der Waals surface area contributed by atoms with Gasteiger partial charge in [0.2, 0.25) is 5.91 Å². The van der Waals surface area contributed by atoms with E-state index in [0.717, 1.165) is 22.0 Å². The zero-order valence-electron chi connectivity index (χ0n) is 14.3. The highest BCUT2D eigenvalue weighted by Gasteiger charge is 2.09. The summed E-state index contributed by atoms with van der Waals surface area (Å²) in [7, 11) is 1.58. The molecule has 0 aliphatic carbocycles. The standard InChI is InChI=1S/C20H20N2O3/c1-13-7-8-17-15(9-13)10-16(20(24)22-17)12-21-19(23)11-14-5-3-4-6-18(14)25-2/h3-10H,11-12H2,1-2H3,(H,21,23)(H,22,24). The molecule has 2 aromatic carbocycles. The van der Waals surface area contributed by atoms with Crippen molar-refractivity contribution in [1.82, 2.24) is 10.3 Å². The van der Waals surface area contributed by atoms with Crippen molar-refractivity contribution in [2.24, 2.45) is 0 Å². The average Bonchev–Trinajstić information content (AvgIpc) is 2.60. The van der Waals surface area contributed by atoms with Crippen molar-refractivity contribution in [3.63, 3.8) is 0 Å². The first kappa shape index (κ1) is 16.8. The zero-order valence-corrected chi connectivity index (χ0v) is 14.3. The summed E-state index contributed by atoms with van der Waals surface area (Å²) < 4.78 is 5.25. The van der Waals surface area contributed by atoms with Gasteiger partial charge >= 0.3 is 0 Å². The molecule has 5 heteroatoms. The van der Waals surface area contributed by atoms with Crippen LogP contribution in [0.4, 0.5) is 0 Å². The molecular formula is C20H20N2O3. The van der Waals surface area contributed by atoms with Crippen LogP contribution in [0, 0.1) is 6.92 Å². The Morgan fingerprint density at radius 3 is 2.72 bits per heavy atom. The largest absolute Gasteiger partial charge is 0.496 e. The highest BCUT2D eigenvalue weighted by molar-refractivity contribution is 5.81. The summed E-state index contributed by atoms with van der Waals surface area (Å²) in [5.74, 6) is 0.518. The summed E-state index contributed by atoms with van der Waals surface area (Å²) in [4.78, 5) is 27.2. The lowest BCUT2D eigenvalue weighted by Crippen LogP contribution is -2.28. The molecule has 128 valence electrons. The van der Waals surface area contributed by atoms with Gasteiger partial charge in [-0.2, -0.15) is 0 Å². The molecular weight excluding hydrogens is 316 g/mol. The van der Waals surface area contributed by atoms with E-state index >= 15 is 0 Å². The van der Waals surface area contributed by atoms with E-state index in [1.165, 1.54) is 0 Å². The molecule has 25 heavy (non-hydrogen) atoms. The molecule has 0 saturated heterocycles. The minimum Gasteiger partial charge on any atom is -0.496 e. The second-order valence-electron chi connectivity index (χ2n) is 5.98. The first-order valence-electron chi connectivity index (χ1n) is 8.08. The maximum atomic E-state index is 12.2. The molecule has 2 N–H and O–H groups in total. The molecule has 0 aliphatic heterocycles. The lowest BCUT2D eigenvalue weighted by molar-refractivity contribution is -0.120. The topological polar surface area (TPSA) is 71.2 Å². The van der Waals surface area contributed by atoms with Gasteiger partial charge in [0.05, 0.1) is 13.5 Å². The normalized spacial score (nSPS) is 10.6. The highest BCUT2D eigenvalue weighted by Crippen LogP contribution is 2.17. The van der Waals surface area contributed by atoms with Gasteiger partial charge in [0.1, 0.15) is 5.75 Å². The lowest BCUT2D eigenvalue weighted by atomic mass is 10.1. The van der Waals surface area contributed by atoms with Crippen molar-refractivity contribution in [3.8, 4) is 5.75 Å². The van der Waals surface area contributed by atoms with E-state index in [1.807, 2.05) is 55.5 Å². The van der Waals surface area contributed by atoms with Crippen LogP contribution in [-0.4, -0.2) is 18.0 Å². The third-order valence-corrected chi connectivity index (χ3v) is 4.10. The Bertz CT molecular complexity index is 976. The molecule has 0 bridgehead atoms. The predicted octanol–water partition coefficient (Wildman–Crippen LogP) is 2.70. The average molecular weight is 336 g/mol. The number of methoxy groups -OCH3 is 1. The summed E-state index contributed by atoms with van der Waals surface area (Å²) in [6.45, 7) is 2.19. The van der Waals surface area contributed by atoms with E-state index in [2.05, 4.69) is 10.3 Å². The van der Waals surface area contributed by atoms with E-state index in [0.29, 0.717) is 11.3 Å². The van der Waals surface area contributed by atoms with Crippen molar-refractivity contribution in [2.75, 3.05) is 7.11 Å². The Hall–Kier alpha value is -3.08. The number of nitrogens with one attached hydrogen (secondary N) is 2. The van der Waals surface area contributed by atoms with Crippen molar-refractivity contribution < 1.29 is 9.53 Å². The van der Waals surface area contributed by atoms with Gasteiger partial charge in [-0.25, -0.2) is 0 Å². The van der Waals surface area contributed by atoms with Gasteiger partial charge in [0.15, 0.2) is 0 Å². The summed E-state index contributed by atoms with van der Waals surface area (Å²) in [5, 5.41) is 3.76. The van der Waals surface area contributed by atoms with Crippen molar-refractivity contribution in [3.05, 3.63) is 75.6 Å². The molecule has 0 saturated carbocycles. The Morgan fingerprint density at radius 1 is 1.12 bits per heavy atom. The minimum atomic E-state index is -0.186. The minimum absolute atomic E-state index is 0.159. The van der Waals surface area contributed by atoms with Crippen LogP contribution in [0.2, 0.25) is 0 Å². The quantitative estimate of drug-likeness (QED) is 0.752. The number of amides is 1. The number of carbonyl (C=O) groups excluding carboxylic acids is 1. The van der Waals surface area contributed by atoms with Crippen molar-refractivity contribution >= 4 is 16.8 Å². The fourth-order valence-electron chi connectivity index (χ4n) is 2.78. The Balaban J connectivity index is 1.72. The fourth-order valence-corrected chi connectivity index (χ4v) is 2.78. The number of ether oxygens (including phenoxy) is 1. The number of hydrogen-bond donors (Lipinski definition) is 2. The number of rotatable bonds is 5. The van der Waals surface area contributed by atoms with Gasteiger partial charge in [0, 0.05) is 23.2 Å². The smallest absolute Gasteiger partial charge is 0.253 e. The Kier molecular flexibility index (Phi) is 4.84. The third kappa shape index (κ3) is 3.88. The number of H-pyrrole nitrogens is 1. The van der Waals surface area contributed by atoms with E-state index in [-0.39, 0.29) is 24.4 Å². The number of pyridine rings is 1. The van der Waals surface area contributed by atoms with E-state index in [1.54, 1.807) is 7.11 Å². The maximum Gasteiger partial charge on any atom is 0.253 e. The molecule has 0 radical (unpaired) electrons. The van der Waals surface area contributed by atoms with Gasteiger partial charge in [-0.3, -0.25) is 9.59 Å². The summed E-state index contributed by atoms with van der Waals surface area (Å²) in [6.07, 6.45) is 0.203. The molecule has 1 aromatic heterocycles. The second kappa shape index (κ2) is 7.21. The number of para-hydroxylation sites is 1. The first-order chi connectivity index (χ1) is 12.1. The number of aryl methyl sites for hydroxylation is 1.